The van der Waals surface area contributed by atoms with Crippen molar-refractivity contribution >= 4 is 11.8 Å². The average molecular weight is 386 g/mol. The predicted molar refractivity (Wildman–Crippen MR) is 93.5 cm³/mol. The molecule has 0 bridgehead atoms. The molecule has 1 aliphatic heterocycles. The molecule has 5 nitrogen and oxygen atoms in total. The maximum Gasteiger partial charge on any atom is 0.416 e. The third-order valence-corrected chi connectivity index (χ3v) is 4.81. The van der Waals surface area contributed by atoms with E-state index >= 15 is 0 Å². The van der Waals surface area contributed by atoms with E-state index < -0.39 is 17.8 Å². The highest BCUT2D eigenvalue weighted by Crippen LogP contribution is 2.29. The Kier molecular flexibility index (Phi) is 7.24. The van der Waals surface area contributed by atoms with Crippen LogP contribution in [0.4, 0.5) is 13.2 Å². The van der Waals surface area contributed by atoms with Gasteiger partial charge in [0.05, 0.1) is 5.56 Å². The molecule has 0 radical (unpaired) electrons. The van der Waals surface area contributed by atoms with Crippen molar-refractivity contribution in [1.82, 2.24) is 10.2 Å². The van der Waals surface area contributed by atoms with E-state index in [1.165, 1.54) is 13.0 Å². The van der Waals surface area contributed by atoms with Gasteiger partial charge in [0.1, 0.15) is 6.10 Å². The van der Waals surface area contributed by atoms with Crippen molar-refractivity contribution in [2.75, 3.05) is 13.1 Å². The SMILES string of the molecule is CC(O)C(=O)N1CCC(CCC(=O)NCc2cccc(C(F)(F)F)c2)CC1. The first kappa shape index (κ1) is 21.2. The fourth-order valence-corrected chi connectivity index (χ4v) is 3.19. The second-order valence-electron chi connectivity index (χ2n) is 6.96. The van der Waals surface area contributed by atoms with Crippen LogP contribution in [0.25, 0.3) is 0 Å². The standard InChI is InChI=1S/C19H25F3N2O3/c1-13(25)18(27)24-9-7-14(8-10-24)5-6-17(26)23-12-15-3-2-4-16(11-15)19(20,21)22/h2-4,11,13-14,25H,5-10,12H2,1H3,(H,23,26). The minimum atomic E-state index is -4.40. The average Bonchev–Trinajstić information content (AvgIpc) is 2.64. The molecule has 150 valence electrons. The maximum absolute atomic E-state index is 12.7. The Morgan fingerprint density at radius 2 is 1.96 bits per heavy atom. The van der Waals surface area contributed by atoms with Crippen LogP contribution in [0.3, 0.4) is 0 Å². The van der Waals surface area contributed by atoms with Crippen LogP contribution in [-0.2, 0) is 22.3 Å². The first-order valence-corrected chi connectivity index (χ1v) is 9.06. The maximum atomic E-state index is 12.7. The van der Waals surface area contributed by atoms with Gasteiger partial charge in [-0.15, -0.1) is 0 Å². The summed E-state index contributed by atoms with van der Waals surface area (Å²) in [6.45, 7) is 2.65. The van der Waals surface area contributed by atoms with Gasteiger partial charge in [0, 0.05) is 26.1 Å². The summed E-state index contributed by atoms with van der Waals surface area (Å²) in [5, 5.41) is 12.0. The van der Waals surface area contributed by atoms with Crippen LogP contribution >= 0.6 is 0 Å². The van der Waals surface area contributed by atoms with Crippen molar-refractivity contribution < 1.29 is 27.9 Å². The number of nitrogens with one attached hydrogen (secondary N) is 1. The van der Waals surface area contributed by atoms with Crippen molar-refractivity contribution in [1.29, 1.82) is 0 Å². The van der Waals surface area contributed by atoms with Gasteiger partial charge in [0.25, 0.3) is 5.91 Å². The molecule has 2 amide bonds. The zero-order valence-electron chi connectivity index (χ0n) is 15.3. The lowest BCUT2D eigenvalue weighted by molar-refractivity contribution is -0.141. The normalized spacial score (nSPS) is 16.9. The number of carbonyl (C=O) groups excluding carboxylic acids is 2. The fourth-order valence-electron chi connectivity index (χ4n) is 3.19. The van der Waals surface area contributed by atoms with E-state index in [4.69, 9.17) is 0 Å². The molecular weight excluding hydrogens is 361 g/mol. The van der Waals surface area contributed by atoms with Gasteiger partial charge in [-0.1, -0.05) is 12.1 Å². The molecule has 1 aromatic rings. The lowest BCUT2D eigenvalue weighted by atomic mass is 9.92. The summed E-state index contributed by atoms with van der Waals surface area (Å²) >= 11 is 0. The summed E-state index contributed by atoms with van der Waals surface area (Å²) in [7, 11) is 0. The molecule has 1 aromatic carbocycles. The third-order valence-electron chi connectivity index (χ3n) is 4.81. The van der Waals surface area contributed by atoms with Crippen LogP contribution in [-0.4, -0.2) is 41.0 Å². The summed E-state index contributed by atoms with van der Waals surface area (Å²) < 4.78 is 38.1. The number of carbonyl (C=O) groups is 2. The van der Waals surface area contributed by atoms with Gasteiger partial charge in [-0.05, 0) is 49.8 Å². The van der Waals surface area contributed by atoms with E-state index in [2.05, 4.69) is 5.32 Å². The Bertz CT molecular complexity index is 654. The summed E-state index contributed by atoms with van der Waals surface area (Å²) in [6, 6.07) is 4.91. The molecule has 2 rings (SSSR count). The van der Waals surface area contributed by atoms with Crippen LogP contribution < -0.4 is 5.32 Å². The largest absolute Gasteiger partial charge is 0.416 e. The highest BCUT2D eigenvalue weighted by molar-refractivity contribution is 5.80. The molecule has 0 aromatic heterocycles. The second-order valence-corrected chi connectivity index (χ2v) is 6.96. The van der Waals surface area contributed by atoms with Gasteiger partial charge in [0.15, 0.2) is 0 Å². The summed E-state index contributed by atoms with van der Waals surface area (Å²) in [4.78, 5) is 25.3. The molecule has 0 saturated carbocycles. The molecule has 2 N–H and O–H groups in total. The molecule has 1 unspecified atom stereocenters. The topological polar surface area (TPSA) is 69.6 Å². The number of piperidine rings is 1. The third kappa shape index (κ3) is 6.53. The van der Waals surface area contributed by atoms with Crippen LogP contribution in [0.1, 0.15) is 43.7 Å². The lowest BCUT2D eigenvalue weighted by Gasteiger charge is -2.32. The van der Waals surface area contributed by atoms with Gasteiger partial charge < -0.3 is 15.3 Å². The van der Waals surface area contributed by atoms with Gasteiger partial charge in [-0.25, -0.2) is 0 Å². The number of benzene rings is 1. The van der Waals surface area contributed by atoms with Crippen molar-refractivity contribution in [3.8, 4) is 0 Å². The summed E-state index contributed by atoms with van der Waals surface area (Å²) in [6.07, 6.45) is -2.87. The van der Waals surface area contributed by atoms with Crippen molar-refractivity contribution in [2.45, 2.75) is 51.4 Å². The Balaban J connectivity index is 1.71. The second kappa shape index (κ2) is 9.21. The molecule has 0 spiro atoms. The monoisotopic (exact) mass is 386 g/mol. The van der Waals surface area contributed by atoms with Crippen molar-refractivity contribution in [3.63, 3.8) is 0 Å². The number of amides is 2. The number of hydrogen-bond donors (Lipinski definition) is 2. The number of aliphatic hydroxyl groups is 1. The minimum absolute atomic E-state index is 0.0596. The smallest absolute Gasteiger partial charge is 0.384 e. The van der Waals surface area contributed by atoms with E-state index in [0.29, 0.717) is 37.4 Å². The van der Waals surface area contributed by atoms with Gasteiger partial charge in [-0.2, -0.15) is 13.2 Å². The number of likely N-dealkylation sites (tertiary alicyclic amines) is 1. The fraction of sp³-hybridized carbons (Fsp3) is 0.579. The van der Waals surface area contributed by atoms with Gasteiger partial charge >= 0.3 is 6.18 Å². The molecule has 27 heavy (non-hydrogen) atoms. The molecule has 1 saturated heterocycles. The van der Waals surface area contributed by atoms with E-state index in [-0.39, 0.29) is 18.4 Å². The first-order valence-electron chi connectivity index (χ1n) is 9.06. The van der Waals surface area contributed by atoms with Crippen LogP contribution in [0.2, 0.25) is 0 Å². The Labute approximate surface area is 156 Å². The van der Waals surface area contributed by atoms with E-state index in [1.807, 2.05) is 0 Å². The van der Waals surface area contributed by atoms with Crippen LogP contribution in [0.5, 0.6) is 0 Å². The highest BCUT2D eigenvalue weighted by atomic mass is 19.4. The predicted octanol–water partition coefficient (Wildman–Crippen LogP) is 2.72. The minimum Gasteiger partial charge on any atom is -0.384 e. The Morgan fingerprint density at radius 3 is 2.56 bits per heavy atom. The molecule has 1 atom stereocenters. The van der Waals surface area contributed by atoms with Crippen LogP contribution in [0.15, 0.2) is 24.3 Å². The lowest BCUT2D eigenvalue weighted by Crippen LogP contribution is -2.43. The summed E-state index contributed by atoms with van der Waals surface area (Å²) in [5.41, 5.74) is -0.323. The number of rotatable bonds is 6. The van der Waals surface area contributed by atoms with Crippen molar-refractivity contribution in [3.05, 3.63) is 35.4 Å². The first-order chi connectivity index (χ1) is 12.7. The summed E-state index contributed by atoms with van der Waals surface area (Å²) in [5.74, 6) is -0.149. The molecule has 1 fully saturated rings. The van der Waals surface area contributed by atoms with E-state index in [0.717, 1.165) is 25.0 Å². The molecule has 0 aliphatic carbocycles. The van der Waals surface area contributed by atoms with Crippen LogP contribution in [0, 0.1) is 5.92 Å². The van der Waals surface area contributed by atoms with E-state index in [9.17, 15) is 27.9 Å². The number of hydrogen-bond acceptors (Lipinski definition) is 3. The Hall–Kier alpha value is -2.09. The zero-order chi connectivity index (χ0) is 20.0. The van der Waals surface area contributed by atoms with Crippen molar-refractivity contribution in [2.24, 2.45) is 5.92 Å². The molecule has 8 heteroatoms. The quantitative estimate of drug-likeness (QED) is 0.790. The van der Waals surface area contributed by atoms with Gasteiger partial charge in [0.2, 0.25) is 5.91 Å². The van der Waals surface area contributed by atoms with Gasteiger partial charge in [-0.3, -0.25) is 9.59 Å². The molecule has 1 aliphatic rings. The number of halogens is 3. The molecule has 1 heterocycles. The number of nitrogens with zero attached hydrogens (tertiary/aromatic N) is 1. The Morgan fingerprint density at radius 1 is 1.30 bits per heavy atom. The number of alkyl halides is 3. The highest BCUT2D eigenvalue weighted by Gasteiger charge is 2.30. The van der Waals surface area contributed by atoms with E-state index in [1.54, 1.807) is 11.0 Å². The zero-order valence-corrected chi connectivity index (χ0v) is 15.3. The molecular formula is C19H25F3N2O3. The number of aliphatic hydroxyl groups excluding tert-OH is 1.